The molecule has 5 heteroatoms. The van der Waals surface area contributed by atoms with Gasteiger partial charge in [-0.2, -0.15) is 0 Å². The van der Waals surface area contributed by atoms with E-state index in [1.54, 1.807) is 0 Å². The average Bonchev–Trinajstić information content (AvgIpc) is 4.08. The van der Waals surface area contributed by atoms with Crippen LogP contribution in [0.15, 0.2) is 224 Å². The minimum atomic E-state index is 0.0872. The van der Waals surface area contributed by atoms with Gasteiger partial charge in [0.2, 0.25) is 0 Å². The van der Waals surface area contributed by atoms with Gasteiger partial charge >= 0.3 is 0 Å². The van der Waals surface area contributed by atoms with Gasteiger partial charge in [0.05, 0.1) is 44.8 Å². The molecule has 0 spiro atoms. The third-order valence-electron chi connectivity index (χ3n) is 13.7. The highest BCUT2D eigenvalue weighted by atomic mass is 15.2. The number of hydrogen-bond acceptors (Lipinski definition) is 2. The molecule has 14 rings (SSSR count). The lowest BCUT2D eigenvalue weighted by molar-refractivity contribution is 0.739. The molecule has 1 aliphatic carbocycles. The van der Waals surface area contributed by atoms with Gasteiger partial charge in [-0.05, 0) is 78.9 Å². The maximum Gasteiger partial charge on any atom is 0.134 e. The molecule has 0 radical (unpaired) electrons. The van der Waals surface area contributed by atoms with Crippen LogP contribution < -0.4 is 4.90 Å². The Balaban J connectivity index is 1.00. The molecule has 8 aromatic carbocycles. The Morgan fingerprint density at radius 1 is 0.375 bits per heavy atom. The molecule has 4 aromatic heterocycles. The van der Waals surface area contributed by atoms with Crippen molar-refractivity contribution in [3.05, 3.63) is 230 Å². The Bertz CT molecular complexity index is 3920. The number of nitrogens with zero attached hydrogens (tertiary/aromatic N) is 5. The van der Waals surface area contributed by atoms with Crippen molar-refractivity contribution in [2.45, 2.75) is 12.0 Å². The van der Waals surface area contributed by atoms with E-state index in [-0.39, 0.29) is 12.0 Å². The number of aromatic nitrogens is 4. The van der Waals surface area contributed by atoms with Crippen molar-refractivity contribution >= 4 is 76.9 Å². The number of hydrogen-bond donors (Lipinski definition) is 0. The van der Waals surface area contributed by atoms with E-state index in [1.165, 1.54) is 76.7 Å². The zero-order valence-corrected chi connectivity index (χ0v) is 34.8. The molecule has 2 atom stereocenters. The number of anilines is 2. The second-order valence-electron chi connectivity index (χ2n) is 17.1. The number of rotatable bonds is 5. The molecule has 0 N–H and O–H groups in total. The minimum absolute atomic E-state index is 0.0872. The summed E-state index contributed by atoms with van der Waals surface area (Å²) in [4.78, 5) is 7.77. The summed E-state index contributed by atoms with van der Waals surface area (Å²) in [5, 5.41) is 7.45. The fraction of sp³-hybridized carbons (Fsp3) is 0.0339. The molecular formula is C59H39N5. The minimum Gasteiger partial charge on any atom is -0.318 e. The summed E-state index contributed by atoms with van der Waals surface area (Å²) in [5.74, 6) is 1.08. The van der Waals surface area contributed by atoms with Gasteiger partial charge in [-0.3, -0.25) is 0 Å². The first-order valence-corrected chi connectivity index (χ1v) is 22.1. The third kappa shape index (κ3) is 4.98. The van der Waals surface area contributed by atoms with E-state index in [0.29, 0.717) is 0 Å². The van der Waals surface area contributed by atoms with Crippen LogP contribution in [0.4, 0.5) is 11.5 Å². The van der Waals surface area contributed by atoms with E-state index >= 15 is 0 Å². The summed E-state index contributed by atoms with van der Waals surface area (Å²) in [5.41, 5.74) is 15.2. The van der Waals surface area contributed by atoms with Crippen LogP contribution >= 0.6 is 0 Å². The Morgan fingerprint density at radius 3 is 1.62 bits per heavy atom. The van der Waals surface area contributed by atoms with Crippen molar-refractivity contribution < 1.29 is 0 Å². The van der Waals surface area contributed by atoms with Gasteiger partial charge < -0.3 is 18.6 Å². The first kappa shape index (κ1) is 35.2. The van der Waals surface area contributed by atoms with E-state index in [1.807, 2.05) is 0 Å². The maximum absolute atomic E-state index is 5.32. The van der Waals surface area contributed by atoms with Crippen LogP contribution in [-0.4, -0.2) is 24.7 Å². The third-order valence-corrected chi connectivity index (χ3v) is 13.7. The van der Waals surface area contributed by atoms with Crippen LogP contribution in [0.1, 0.15) is 11.5 Å². The zero-order valence-electron chi connectivity index (χ0n) is 34.8. The van der Waals surface area contributed by atoms with Crippen LogP contribution in [0, 0.1) is 0 Å². The average molecular weight is 818 g/mol. The molecule has 0 fully saturated rings. The number of benzene rings is 8. The van der Waals surface area contributed by atoms with Crippen LogP contribution in [0.3, 0.4) is 0 Å². The van der Waals surface area contributed by atoms with E-state index in [0.717, 1.165) is 34.1 Å². The SMILES string of the molecule is C1=CC2c3c(ccc4c5ccccc5n(-c5cccc(-n6c7ccccc7c7cc8c(cc76)c6ccccc6n8-c6ccccc6)c5)c34)N(c3cccc(-c4ccccc4)n3)C2C=C1. The van der Waals surface area contributed by atoms with Crippen LogP contribution in [0.25, 0.3) is 93.7 Å². The summed E-state index contributed by atoms with van der Waals surface area (Å²) < 4.78 is 7.40. The topological polar surface area (TPSA) is 30.9 Å². The zero-order chi connectivity index (χ0) is 41.9. The summed E-state index contributed by atoms with van der Waals surface area (Å²) in [7, 11) is 0. The molecule has 1 aliphatic heterocycles. The van der Waals surface area contributed by atoms with Crippen molar-refractivity contribution in [1.29, 1.82) is 0 Å². The lowest BCUT2D eigenvalue weighted by Gasteiger charge is -2.28. The molecule has 300 valence electrons. The summed E-state index contributed by atoms with van der Waals surface area (Å²) >= 11 is 0. The molecule has 2 unspecified atom stereocenters. The summed E-state index contributed by atoms with van der Waals surface area (Å²) in [6.07, 6.45) is 9.13. The number of pyridine rings is 1. The Labute approximate surface area is 369 Å². The van der Waals surface area contributed by atoms with Gasteiger partial charge in [-0.25, -0.2) is 4.98 Å². The molecule has 64 heavy (non-hydrogen) atoms. The van der Waals surface area contributed by atoms with Crippen molar-refractivity contribution in [2.24, 2.45) is 0 Å². The lowest BCUT2D eigenvalue weighted by Crippen LogP contribution is -2.29. The Kier molecular flexibility index (Phi) is 7.45. The number of allylic oxidation sites excluding steroid dienone is 2. The quantitative estimate of drug-likeness (QED) is 0.173. The largest absolute Gasteiger partial charge is 0.318 e. The molecule has 0 saturated heterocycles. The Morgan fingerprint density at radius 2 is 0.922 bits per heavy atom. The summed E-state index contributed by atoms with van der Waals surface area (Å²) in [6.45, 7) is 0. The number of fused-ring (bicyclic) bond motifs is 13. The highest BCUT2D eigenvalue weighted by Crippen LogP contribution is 2.52. The molecule has 0 saturated carbocycles. The predicted molar refractivity (Wildman–Crippen MR) is 266 cm³/mol. The molecule has 12 aromatic rings. The predicted octanol–water partition coefficient (Wildman–Crippen LogP) is 14.8. The second kappa shape index (κ2) is 13.5. The molecule has 0 bridgehead atoms. The first-order valence-electron chi connectivity index (χ1n) is 22.1. The van der Waals surface area contributed by atoms with Crippen LogP contribution in [-0.2, 0) is 0 Å². The fourth-order valence-electron chi connectivity index (χ4n) is 11.1. The highest BCUT2D eigenvalue weighted by molar-refractivity contribution is 6.19. The Hall–Kier alpha value is -8.41. The van der Waals surface area contributed by atoms with E-state index in [4.69, 9.17) is 4.98 Å². The van der Waals surface area contributed by atoms with Gasteiger partial charge in [0.1, 0.15) is 5.82 Å². The highest BCUT2D eigenvalue weighted by Gasteiger charge is 2.40. The number of para-hydroxylation sites is 4. The van der Waals surface area contributed by atoms with Crippen molar-refractivity contribution in [3.8, 4) is 28.3 Å². The molecule has 5 heterocycles. The first-order chi connectivity index (χ1) is 31.8. The van der Waals surface area contributed by atoms with Gasteiger partial charge in [0.25, 0.3) is 0 Å². The van der Waals surface area contributed by atoms with Gasteiger partial charge in [0, 0.05) is 72.1 Å². The lowest BCUT2D eigenvalue weighted by atomic mass is 9.90. The van der Waals surface area contributed by atoms with Gasteiger partial charge in [-0.15, -0.1) is 0 Å². The van der Waals surface area contributed by atoms with Crippen molar-refractivity contribution in [1.82, 2.24) is 18.7 Å². The summed E-state index contributed by atoms with van der Waals surface area (Å²) in [6, 6.07) is 72.9. The van der Waals surface area contributed by atoms with Crippen molar-refractivity contribution in [3.63, 3.8) is 0 Å². The normalized spacial score (nSPS) is 15.7. The van der Waals surface area contributed by atoms with Crippen LogP contribution in [0.2, 0.25) is 0 Å². The molecular weight excluding hydrogens is 779 g/mol. The molecule has 2 aliphatic rings. The standard InChI is InChI=1S/C59H39N5/c1-3-17-38(18-4-1)49-27-16-32-57(60-49)64-53-31-14-10-26-46(53)58-54(64)34-33-45-42-23-7-13-30-52(42)63(59(45)58)41-22-15-21-40(35-41)62-51-29-12-9-25-44(51)48-36-55-47(37-56(48)62)43-24-8-11-28-50(43)61(55)39-19-5-2-6-20-39/h1-37,46,53H. The van der Waals surface area contributed by atoms with Gasteiger partial charge in [0.15, 0.2) is 0 Å². The van der Waals surface area contributed by atoms with Crippen molar-refractivity contribution in [2.75, 3.05) is 4.90 Å². The molecule has 0 amide bonds. The second-order valence-corrected chi connectivity index (χ2v) is 17.1. The van der Waals surface area contributed by atoms with E-state index in [9.17, 15) is 0 Å². The fourth-order valence-corrected chi connectivity index (χ4v) is 11.1. The molecule has 5 nitrogen and oxygen atoms in total. The van der Waals surface area contributed by atoms with Crippen LogP contribution in [0.5, 0.6) is 0 Å². The smallest absolute Gasteiger partial charge is 0.134 e. The van der Waals surface area contributed by atoms with Gasteiger partial charge in [-0.1, -0.05) is 146 Å². The van der Waals surface area contributed by atoms with E-state index < -0.39 is 0 Å². The van der Waals surface area contributed by atoms with E-state index in [2.05, 4.69) is 243 Å². The monoisotopic (exact) mass is 817 g/mol. The maximum atomic E-state index is 5.32.